The summed E-state index contributed by atoms with van der Waals surface area (Å²) in [6.45, 7) is 23.5. The predicted molar refractivity (Wildman–Crippen MR) is 130 cm³/mol. The van der Waals surface area contributed by atoms with E-state index in [-0.39, 0.29) is 11.7 Å². The second-order valence-electron chi connectivity index (χ2n) is 9.66. The molecule has 2 unspecified atom stereocenters. The number of Topliss-reactive ketones (excluding diaryl/α,β-unsaturated/α-hetero) is 1. The van der Waals surface area contributed by atoms with Crippen molar-refractivity contribution in [3.05, 3.63) is 34.9 Å². The van der Waals surface area contributed by atoms with Gasteiger partial charge in [-0.2, -0.15) is 0 Å². The van der Waals surface area contributed by atoms with Gasteiger partial charge in [0.25, 0.3) is 0 Å². The molecule has 0 aliphatic carbocycles. The summed E-state index contributed by atoms with van der Waals surface area (Å²) >= 11 is 0. The van der Waals surface area contributed by atoms with E-state index in [4.69, 9.17) is 5.41 Å². The molecule has 0 radical (unpaired) electrons. The van der Waals surface area contributed by atoms with Gasteiger partial charge < -0.3 is 10.2 Å². The van der Waals surface area contributed by atoms with Crippen LogP contribution in [-0.4, -0.2) is 11.5 Å². The van der Waals surface area contributed by atoms with Crippen molar-refractivity contribution in [3.63, 3.8) is 0 Å². The van der Waals surface area contributed by atoms with Crippen LogP contribution in [0.4, 0.5) is 0 Å². The molecule has 0 saturated heterocycles. The highest BCUT2D eigenvalue weighted by atomic mass is 16.1. The zero-order chi connectivity index (χ0) is 22.7. The van der Waals surface area contributed by atoms with Gasteiger partial charge in [-0.25, -0.2) is 0 Å². The molecule has 0 aliphatic rings. The third kappa shape index (κ3) is 10.8. The Morgan fingerprint density at radius 1 is 1.03 bits per heavy atom. The molecule has 0 spiro atoms. The van der Waals surface area contributed by atoms with Gasteiger partial charge in [0.2, 0.25) is 0 Å². The van der Waals surface area contributed by atoms with Crippen LogP contribution in [0.3, 0.4) is 0 Å². The van der Waals surface area contributed by atoms with Gasteiger partial charge in [0.1, 0.15) is 5.78 Å². The minimum absolute atomic E-state index is 0.237. The van der Waals surface area contributed by atoms with Gasteiger partial charge in [0.05, 0.1) is 0 Å². The Morgan fingerprint density at radius 3 is 2.07 bits per heavy atom. The highest BCUT2D eigenvalue weighted by molar-refractivity contribution is 5.97. The van der Waals surface area contributed by atoms with Crippen molar-refractivity contribution in [2.75, 3.05) is 0 Å². The summed E-state index contributed by atoms with van der Waals surface area (Å²) in [6, 6.07) is 0. The van der Waals surface area contributed by atoms with Crippen molar-refractivity contribution in [2.45, 2.75) is 101 Å². The van der Waals surface area contributed by atoms with Gasteiger partial charge in [-0.05, 0) is 82.1 Å². The molecule has 0 heterocycles. The Labute approximate surface area is 181 Å². The Morgan fingerprint density at radius 2 is 1.62 bits per heavy atom. The fourth-order valence-corrected chi connectivity index (χ4v) is 3.95. The van der Waals surface area contributed by atoms with Crippen LogP contribution >= 0.6 is 0 Å². The molecule has 2 nitrogen and oxygen atoms in total. The zero-order valence-electron chi connectivity index (χ0n) is 20.7. The van der Waals surface area contributed by atoms with Gasteiger partial charge in [-0.1, -0.05) is 70.9 Å². The van der Waals surface area contributed by atoms with Crippen molar-refractivity contribution in [1.82, 2.24) is 0 Å². The SMILES string of the molecule is C=C(C(C)C)C(CCC(=N)/C(C)=C(\C)C/C=C(\CC)CC(C)C)C(C)CC(C)=O. The van der Waals surface area contributed by atoms with Gasteiger partial charge >= 0.3 is 0 Å². The molecule has 2 heteroatoms. The second kappa shape index (κ2) is 13.7. The maximum atomic E-state index is 11.6. The molecule has 29 heavy (non-hydrogen) atoms. The van der Waals surface area contributed by atoms with Crippen molar-refractivity contribution in [3.8, 4) is 0 Å². The van der Waals surface area contributed by atoms with Crippen LogP contribution in [0, 0.1) is 29.1 Å². The first-order valence-electron chi connectivity index (χ1n) is 11.5. The van der Waals surface area contributed by atoms with Gasteiger partial charge in [-0.3, -0.25) is 0 Å². The van der Waals surface area contributed by atoms with Crippen molar-refractivity contribution in [2.24, 2.45) is 23.7 Å². The summed E-state index contributed by atoms with van der Waals surface area (Å²) in [4.78, 5) is 11.6. The predicted octanol–water partition coefficient (Wildman–Crippen LogP) is 8.34. The van der Waals surface area contributed by atoms with Crippen molar-refractivity contribution < 1.29 is 4.79 Å². The number of nitrogens with one attached hydrogen (secondary N) is 1. The van der Waals surface area contributed by atoms with E-state index in [0.717, 1.165) is 43.4 Å². The third-order valence-corrected chi connectivity index (χ3v) is 6.13. The molecule has 0 aromatic rings. The van der Waals surface area contributed by atoms with Gasteiger partial charge in [-0.15, -0.1) is 0 Å². The molecule has 0 rings (SSSR count). The Hall–Kier alpha value is -1.44. The average Bonchev–Trinajstić information content (AvgIpc) is 2.62. The second-order valence-corrected chi connectivity index (χ2v) is 9.66. The van der Waals surface area contributed by atoms with E-state index >= 15 is 0 Å². The van der Waals surface area contributed by atoms with E-state index < -0.39 is 0 Å². The fourth-order valence-electron chi connectivity index (χ4n) is 3.95. The van der Waals surface area contributed by atoms with Crippen LogP contribution < -0.4 is 0 Å². The lowest BCUT2D eigenvalue weighted by Gasteiger charge is -2.28. The molecule has 2 atom stereocenters. The van der Waals surface area contributed by atoms with E-state index in [2.05, 4.69) is 68.0 Å². The lowest BCUT2D eigenvalue weighted by atomic mass is 9.77. The molecule has 0 saturated carbocycles. The molecule has 0 aromatic heterocycles. The summed E-state index contributed by atoms with van der Waals surface area (Å²) < 4.78 is 0. The van der Waals surface area contributed by atoms with Crippen LogP contribution in [0.15, 0.2) is 34.9 Å². The van der Waals surface area contributed by atoms with Crippen LogP contribution in [0.2, 0.25) is 0 Å². The van der Waals surface area contributed by atoms with Crippen molar-refractivity contribution in [1.29, 1.82) is 5.41 Å². The number of rotatable bonds is 14. The van der Waals surface area contributed by atoms with E-state index in [0.29, 0.717) is 24.2 Å². The molecule has 166 valence electrons. The number of ketones is 1. The molecular formula is C27H47NO. The first-order valence-corrected chi connectivity index (χ1v) is 11.5. The molecule has 0 aliphatic heterocycles. The highest BCUT2D eigenvalue weighted by Crippen LogP contribution is 2.32. The zero-order valence-corrected chi connectivity index (χ0v) is 20.7. The molecule has 0 amide bonds. The van der Waals surface area contributed by atoms with Crippen LogP contribution in [0.1, 0.15) is 101 Å². The van der Waals surface area contributed by atoms with Crippen LogP contribution in [-0.2, 0) is 4.79 Å². The minimum Gasteiger partial charge on any atom is -0.305 e. The van der Waals surface area contributed by atoms with Crippen LogP contribution in [0.25, 0.3) is 0 Å². The Balaban J connectivity index is 5.15. The van der Waals surface area contributed by atoms with E-state index in [1.807, 2.05) is 0 Å². The molecule has 1 N–H and O–H groups in total. The van der Waals surface area contributed by atoms with Gasteiger partial charge in [0, 0.05) is 12.1 Å². The van der Waals surface area contributed by atoms with E-state index in [9.17, 15) is 4.79 Å². The average molecular weight is 402 g/mol. The maximum Gasteiger partial charge on any atom is 0.130 e. The normalized spacial score (nSPS) is 15.3. The standard InChI is InChI=1S/C27H47NO/c1-11-25(16-18(2)3)13-12-20(6)24(10)27(28)15-14-26(23(9)19(4)5)21(7)17-22(8)29/h13,18-19,21,26,28H,9,11-12,14-17H2,1-8,10H3/b24-20+,25-13+,28-27?. The summed E-state index contributed by atoms with van der Waals surface area (Å²) in [5.74, 6) is 1.91. The smallest absolute Gasteiger partial charge is 0.130 e. The highest BCUT2D eigenvalue weighted by Gasteiger charge is 2.23. The van der Waals surface area contributed by atoms with E-state index in [1.165, 1.54) is 16.7 Å². The number of carbonyl (C=O) groups is 1. The number of hydrogen-bond donors (Lipinski definition) is 1. The summed E-state index contributed by atoms with van der Waals surface area (Å²) in [6.07, 6.45) is 7.81. The monoisotopic (exact) mass is 401 g/mol. The summed E-state index contributed by atoms with van der Waals surface area (Å²) in [5.41, 5.74) is 5.88. The molecule has 0 bridgehead atoms. The summed E-state index contributed by atoms with van der Waals surface area (Å²) in [7, 11) is 0. The van der Waals surface area contributed by atoms with Gasteiger partial charge in [0.15, 0.2) is 0 Å². The van der Waals surface area contributed by atoms with Crippen LogP contribution in [0.5, 0.6) is 0 Å². The first-order chi connectivity index (χ1) is 13.4. The minimum atomic E-state index is 0.237. The lowest BCUT2D eigenvalue weighted by Crippen LogP contribution is -2.20. The Kier molecular flexibility index (Phi) is 13.0. The summed E-state index contributed by atoms with van der Waals surface area (Å²) in [5, 5.41) is 8.62. The molecule has 0 aromatic carbocycles. The number of allylic oxidation sites excluding steroid dienone is 5. The van der Waals surface area contributed by atoms with Crippen molar-refractivity contribution >= 4 is 11.5 Å². The molecule has 0 fully saturated rings. The maximum absolute atomic E-state index is 11.6. The lowest BCUT2D eigenvalue weighted by molar-refractivity contribution is -0.118. The Bertz CT molecular complexity index is 618. The van der Waals surface area contributed by atoms with E-state index in [1.54, 1.807) is 6.92 Å². The molecular weight excluding hydrogens is 354 g/mol. The first kappa shape index (κ1) is 27.6. The number of carbonyl (C=O) groups excluding carboxylic acids is 1. The number of hydrogen-bond acceptors (Lipinski definition) is 2. The quantitative estimate of drug-likeness (QED) is 0.230. The topological polar surface area (TPSA) is 40.9 Å². The third-order valence-electron chi connectivity index (χ3n) is 6.13. The fraction of sp³-hybridized carbons (Fsp3) is 0.704. The largest absolute Gasteiger partial charge is 0.305 e.